The first-order valence-electron chi connectivity index (χ1n) is 5.66. The molecule has 17 heavy (non-hydrogen) atoms. The van der Waals surface area contributed by atoms with E-state index in [1.807, 2.05) is 6.92 Å². The summed E-state index contributed by atoms with van der Waals surface area (Å²) in [6.45, 7) is 3.33. The van der Waals surface area contributed by atoms with E-state index in [2.05, 4.69) is 15.5 Å². The summed E-state index contributed by atoms with van der Waals surface area (Å²) in [7, 11) is 0. The van der Waals surface area contributed by atoms with Crippen molar-refractivity contribution in [1.82, 2.24) is 15.1 Å². The van der Waals surface area contributed by atoms with Gasteiger partial charge in [-0.2, -0.15) is 0 Å². The third-order valence-corrected chi connectivity index (χ3v) is 3.56. The van der Waals surface area contributed by atoms with Gasteiger partial charge in [0.25, 0.3) is 0 Å². The second-order valence-electron chi connectivity index (χ2n) is 4.19. The molecule has 0 radical (unpaired) electrons. The topological polar surface area (TPSA) is 78.4 Å². The lowest BCUT2D eigenvalue weighted by atomic mass is 9.99. The number of anilines is 1. The Bertz CT molecular complexity index is 395. The maximum Gasteiger partial charge on any atom is 0.323 e. The number of aliphatic hydroxyl groups excluding tert-OH is 1. The average molecular weight is 256 g/mol. The van der Waals surface area contributed by atoms with Gasteiger partial charge in [-0.3, -0.25) is 5.32 Å². The number of rotatable bonds is 2. The minimum atomic E-state index is -0.153. The number of aryl methyl sites for hydroxylation is 1. The minimum Gasteiger partial charge on any atom is -0.396 e. The van der Waals surface area contributed by atoms with E-state index in [0.717, 1.165) is 24.4 Å². The first-order chi connectivity index (χ1) is 8.19. The van der Waals surface area contributed by atoms with Crippen LogP contribution in [0, 0.1) is 12.8 Å². The SMILES string of the molecule is Cc1nnc(NC(=O)N2CCCC(CO)C2)s1. The van der Waals surface area contributed by atoms with Crippen molar-refractivity contribution in [3.05, 3.63) is 5.01 Å². The summed E-state index contributed by atoms with van der Waals surface area (Å²) < 4.78 is 0. The molecular weight excluding hydrogens is 240 g/mol. The molecule has 6 nitrogen and oxygen atoms in total. The summed E-state index contributed by atoms with van der Waals surface area (Å²) in [5.74, 6) is 0.200. The summed E-state index contributed by atoms with van der Waals surface area (Å²) >= 11 is 1.36. The highest BCUT2D eigenvalue weighted by atomic mass is 32.1. The summed E-state index contributed by atoms with van der Waals surface area (Å²) in [5, 5.41) is 20.9. The molecule has 94 valence electrons. The number of likely N-dealkylation sites (tertiary alicyclic amines) is 1. The molecule has 2 N–H and O–H groups in total. The van der Waals surface area contributed by atoms with Gasteiger partial charge in [0.1, 0.15) is 5.01 Å². The summed E-state index contributed by atoms with van der Waals surface area (Å²) in [4.78, 5) is 13.6. The van der Waals surface area contributed by atoms with E-state index in [1.54, 1.807) is 4.90 Å². The zero-order valence-electron chi connectivity index (χ0n) is 9.72. The van der Waals surface area contributed by atoms with Crippen LogP contribution in [0.4, 0.5) is 9.93 Å². The van der Waals surface area contributed by atoms with E-state index in [0.29, 0.717) is 11.7 Å². The van der Waals surface area contributed by atoms with E-state index in [9.17, 15) is 4.79 Å². The predicted octanol–water partition coefficient (Wildman–Crippen LogP) is 1.08. The highest BCUT2D eigenvalue weighted by molar-refractivity contribution is 7.15. The van der Waals surface area contributed by atoms with Gasteiger partial charge in [-0.15, -0.1) is 10.2 Å². The molecule has 1 atom stereocenters. The Morgan fingerprint density at radius 3 is 3.12 bits per heavy atom. The van der Waals surface area contributed by atoms with Crippen LogP contribution in [0.1, 0.15) is 17.8 Å². The van der Waals surface area contributed by atoms with E-state index in [4.69, 9.17) is 5.11 Å². The lowest BCUT2D eigenvalue weighted by Gasteiger charge is -2.31. The number of aromatic nitrogens is 2. The van der Waals surface area contributed by atoms with Gasteiger partial charge in [-0.1, -0.05) is 11.3 Å². The molecule has 1 aromatic heterocycles. The molecule has 0 spiro atoms. The molecule has 1 saturated heterocycles. The molecule has 1 unspecified atom stereocenters. The van der Waals surface area contributed by atoms with Crippen molar-refractivity contribution in [3.63, 3.8) is 0 Å². The smallest absolute Gasteiger partial charge is 0.323 e. The highest BCUT2D eigenvalue weighted by Crippen LogP contribution is 2.18. The molecule has 0 bridgehead atoms. The number of hydrogen-bond acceptors (Lipinski definition) is 5. The molecular formula is C10H16N4O2S. The van der Waals surface area contributed by atoms with Gasteiger partial charge in [0.05, 0.1) is 0 Å². The molecule has 0 aliphatic carbocycles. The Morgan fingerprint density at radius 2 is 2.47 bits per heavy atom. The van der Waals surface area contributed by atoms with Crippen LogP contribution in [0.25, 0.3) is 0 Å². The van der Waals surface area contributed by atoms with Gasteiger partial charge in [0, 0.05) is 19.7 Å². The second kappa shape index (κ2) is 5.42. The number of urea groups is 1. The van der Waals surface area contributed by atoms with Crippen LogP contribution in [0.3, 0.4) is 0 Å². The van der Waals surface area contributed by atoms with Gasteiger partial charge in [-0.05, 0) is 25.7 Å². The van der Waals surface area contributed by atoms with Crippen molar-refractivity contribution in [2.24, 2.45) is 5.92 Å². The number of amides is 2. The Balaban J connectivity index is 1.91. The van der Waals surface area contributed by atoms with Gasteiger partial charge < -0.3 is 10.0 Å². The Labute approximate surface area is 104 Å². The number of aliphatic hydroxyl groups is 1. The second-order valence-corrected chi connectivity index (χ2v) is 5.37. The quantitative estimate of drug-likeness (QED) is 0.830. The van der Waals surface area contributed by atoms with Crippen molar-refractivity contribution in [2.75, 3.05) is 25.0 Å². The number of carbonyl (C=O) groups is 1. The van der Waals surface area contributed by atoms with E-state index in [1.165, 1.54) is 11.3 Å². The van der Waals surface area contributed by atoms with Crippen LogP contribution in [0.2, 0.25) is 0 Å². The van der Waals surface area contributed by atoms with Crippen molar-refractivity contribution in [1.29, 1.82) is 0 Å². The van der Waals surface area contributed by atoms with Crippen LogP contribution in [-0.2, 0) is 0 Å². The molecule has 1 fully saturated rings. The molecule has 2 rings (SSSR count). The van der Waals surface area contributed by atoms with E-state index in [-0.39, 0.29) is 18.6 Å². The Hall–Kier alpha value is -1.21. The molecule has 1 aliphatic heterocycles. The molecule has 0 aromatic carbocycles. The van der Waals surface area contributed by atoms with Gasteiger partial charge in [-0.25, -0.2) is 4.79 Å². The first-order valence-corrected chi connectivity index (χ1v) is 6.47. The van der Waals surface area contributed by atoms with Gasteiger partial charge in [0.15, 0.2) is 0 Å². The molecule has 1 aromatic rings. The predicted molar refractivity (Wildman–Crippen MR) is 65.0 cm³/mol. The molecule has 2 amide bonds. The first kappa shape index (κ1) is 12.3. The number of piperidine rings is 1. The monoisotopic (exact) mass is 256 g/mol. The van der Waals surface area contributed by atoms with E-state index >= 15 is 0 Å². The van der Waals surface area contributed by atoms with Gasteiger partial charge >= 0.3 is 6.03 Å². The summed E-state index contributed by atoms with van der Waals surface area (Å²) in [6.07, 6.45) is 1.92. The lowest BCUT2D eigenvalue weighted by molar-refractivity contribution is 0.136. The zero-order chi connectivity index (χ0) is 12.3. The van der Waals surface area contributed by atoms with Crippen LogP contribution in [-0.4, -0.2) is 45.9 Å². The third kappa shape index (κ3) is 3.13. The summed E-state index contributed by atoms with van der Waals surface area (Å²) in [6, 6.07) is -0.153. The van der Waals surface area contributed by atoms with Crippen molar-refractivity contribution >= 4 is 22.5 Å². The molecule has 1 aliphatic rings. The van der Waals surface area contributed by atoms with Crippen LogP contribution in [0.15, 0.2) is 0 Å². The fourth-order valence-corrected chi connectivity index (χ4v) is 2.50. The minimum absolute atomic E-state index is 0.141. The highest BCUT2D eigenvalue weighted by Gasteiger charge is 2.23. The van der Waals surface area contributed by atoms with Crippen LogP contribution in [0.5, 0.6) is 0 Å². The largest absolute Gasteiger partial charge is 0.396 e. The molecule has 2 heterocycles. The lowest BCUT2D eigenvalue weighted by Crippen LogP contribution is -2.43. The average Bonchev–Trinajstić information content (AvgIpc) is 2.75. The van der Waals surface area contributed by atoms with Crippen molar-refractivity contribution in [2.45, 2.75) is 19.8 Å². The standard InChI is InChI=1S/C10H16N4O2S/c1-7-12-13-9(17-7)11-10(16)14-4-2-3-8(5-14)6-15/h8,15H,2-6H2,1H3,(H,11,13,16). The number of carbonyl (C=O) groups excluding carboxylic acids is 1. The zero-order valence-corrected chi connectivity index (χ0v) is 10.5. The van der Waals surface area contributed by atoms with E-state index < -0.39 is 0 Å². The van der Waals surface area contributed by atoms with Crippen molar-refractivity contribution < 1.29 is 9.90 Å². The maximum atomic E-state index is 11.9. The Morgan fingerprint density at radius 1 is 1.65 bits per heavy atom. The number of nitrogens with zero attached hydrogens (tertiary/aromatic N) is 3. The van der Waals surface area contributed by atoms with Gasteiger partial charge in [0.2, 0.25) is 5.13 Å². The van der Waals surface area contributed by atoms with Crippen molar-refractivity contribution in [3.8, 4) is 0 Å². The maximum absolute atomic E-state index is 11.9. The van der Waals surface area contributed by atoms with Crippen LogP contribution < -0.4 is 5.32 Å². The normalized spacial score (nSPS) is 20.4. The molecule has 0 saturated carbocycles. The molecule has 7 heteroatoms. The number of hydrogen-bond donors (Lipinski definition) is 2. The fourth-order valence-electron chi connectivity index (χ4n) is 1.92. The summed E-state index contributed by atoms with van der Waals surface area (Å²) in [5.41, 5.74) is 0. The van der Waals surface area contributed by atoms with Crippen LogP contribution >= 0.6 is 11.3 Å². The third-order valence-electron chi connectivity index (χ3n) is 2.80. The fraction of sp³-hybridized carbons (Fsp3) is 0.700. The number of nitrogens with one attached hydrogen (secondary N) is 1. The Kier molecular flexibility index (Phi) is 3.90.